The second kappa shape index (κ2) is 7.28. The number of carbonyl (C=O) groups is 1. The highest BCUT2D eigenvalue weighted by Gasteiger charge is 2.20. The van der Waals surface area contributed by atoms with Crippen LogP contribution >= 0.6 is 11.8 Å². The minimum atomic E-state index is -0.141. The molecule has 1 amide bonds. The van der Waals surface area contributed by atoms with E-state index in [1.165, 1.54) is 11.8 Å². The third-order valence-electron chi connectivity index (χ3n) is 2.91. The number of amides is 1. The van der Waals surface area contributed by atoms with Crippen molar-refractivity contribution in [3.63, 3.8) is 0 Å². The molecule has 19 heavy (non-hydrogen) atoms. The Kier molecular flexibility index (Phi) is 6.02. The smallest absolute Gasteiger partial charge is 0.235 e. The molecule has 0 radical (unpaired) electrons. The Balaban J connectivity index is 2.81. The molecule has 0 aliphatic heterocycles. The quantitative estimate of drug-likeness (QED) is 0.644. The van der Waals surface area contributed by atoms with E-state index < -0.39 is 0 Å². The molecule has 0 aliphatic rings. The van der Waals surface area contributed by atoms with Crippen molar-refractivity contribution in [1.29, 1.82) is 0 Å². The Bertz CT molecular complexity index is 433. The number of thioether (sulfide) groups is 1. The Morgan fingerprint density at radius 2 is 2.05 bits per heavy atom. The van der Waals surface area contributed by atoms with Crippen molar-refractivity contribution in [2.24, 2.45) is 0 Å². The number of rotatable bonds is 6. The van der Waals surface area contributed by atoms with Crippen LogP contribution in [0.25, 0.3) is 0 Å². The van der Waals surface area contributed by atoms with Crippen LogP contribution in [0.2, 0.25) is 0 Å². The fourth-order valence-corrected chi connectivity index (χ4v) is 2.85. The molecule has 0 saturated heterocycles. The van der Waals surface area contributed by atoms with Crippen LogP contribution in [-0.2, 0) is 4.79 Å². The molecular formula is C14H22N2O2S. The van der Waals surface area contributed by atoms with Gasteiger partial charge in [-0.25, -0.2) is 0 Å². The van der Waals surface area contributed by atoms with Gasteiger partial charge in [0, 0.05) is 24.8 Å². The predicted octanol–water partition coefficient (Wildman–Crippen LogP) is 2.63. The lowest BCUT2D eigenvalue weighted by Gasteiger charge is -2.23. The molecule has 0 bridgehead atoms. The van der Waals surface area contributed by atoms with Gasteiger partial charge in [0.1, 0.15) is 5.75 Å². The lowest BCUT2D eigenvalue weighted by Crippen LogP contribution is -2.36. The first-order chi connectivity index (χ1) is 9.03. The summed E-state index contributed by atoms with van der Waals surface area (Å²) in [5.74, 6) is 0.859. The first-order valence-corrected chi connectivity index (χ1v) is 7.30. The third-order valence-corrected chi connectivity index (χ3v) is 4.06. The zero-order chi connectivity index (χ0) is 14.4. The number of nitrogen functional groups attached to an aromatic ring is 1. The van der Waals surface area contributed by atoms with Gasteiger partial charge in [-0.2, -0.15) is 0 Å². The first-order valence-electron chi connectivity index (χ1n) is 6.42. The molecule has 1 aromatic carbocycles. The van der Waals surface area contributed by atoms with Gasteiger partial charge in [0.2, 0.25) is 5.91 Å². The topological polar surface area (TPSA) is 55.6 Å². The Hall–Kier alpha value is -1.36. The minimum absolute atomic E-state index is 0.141. The maximum atomic E-state index is 12.2. The van der Waals surface area contributed by atoms with E-state index in [0.29, 0.717) is 11.4 Å². The summed E-state index contributed by atoms with van der Waals surface area (Å²) in [5.41, 5.74) is 6.38. The van der Waals surface area contributed by atoms with E-state index in [0.717, 1.165) is 18.0 Å². The molecule has 0 spiro atoms. The highest BCUT2D eigenvalue weighted by Crippen LogP contribution is 2.34. The van der Waals surface area contributed by atoms with E-state index in [9.17, 15) is 4.79 Å². The molecular weight excluding hydrogens is 260 g/mol. The summed E-state index contributed by atoms with van der Waals surface area (Å²) in [4.78, 5) is 15.0. The summed E-state index contributed by atoms with van der Waals surface area (Å²) < 4.78 is 5.29. The highest BCUT2D eigenvalue weighted by atomic mass is 32.2. The van der Waals surface area contributed by atoms with E-state index in [-0.39, 0.29) is 11.2 Å². The molecule has 0 fully saturated rings. The van der Waals surface area contributed by atoms with Crippen molar-refractivity contribution in [3.8, 4) is 5.75 Å². The molecule has 1 aromatic rings. The zero-order valence-corrected chi connectivity index (χ0v) is 12.8. The van der Waals surface area contributed by atoms with Crippen molar-refractivity contribution < 1.29 is 9.53 Å². The summed E-state index contributed by atoms with van der Waals surface area (Å²) in [5, 5.41) is -0.141. The molecule has 4 nitrogen and oxygen atoms in total. The Labute approximate surface area is 119 Å². The highest BCUT2D eigenvalue weighted by molar-refractivity contribution is 8.00. The lowest BCUT2D eigenvalue weighted by molar-refractivity contribution is -0.129. The molecule has 2 N–H and O–H groups in total. The van der Waals surface area contributed by atoms with Crippen LogP contribution in [0.15, 0.2) is 23.1 Å². The molecule has 0 aromatic heterocycles. The van der Waals surface area contributed by atoms with Gasteiger partial charge in [0.15, 0.2) is 0 Å². The van der Waals surface area contributed by atoms with Crippen LogP contribution in [-0.4, -0.2) is 36.3 Å². The number of benzene rings is 1. The van der Waals surface area contributed by atoms with Crippen molar-refractivity contribution >= 4 is 23.4 Å². The number of hydrogen-bond acceptors (Lipinski definition) is 4. The van der Waals surface area contributed by atoms with Crippen molar-refractivity contribution in [2.75, 3.05) is 25.9 Å². The van der Waals surface area contributed by atoms with Gasteiger partial charge in [-0.1, -0.05) is 0 Å². The van der Waals surface area contributed by atoms with Gasteiger partial charge in [-0.3, -0.25) is 4.79 Å². The standard InChI is InChI=1S/C14H22N2O2S/c1-5-16(6-2)14(17)10(3)19-13-8-7-11(15)9-12(13)18-4/h7-10H,5-6,15H2,1-4H3. The average molecular weight is 282 g/mol. The van der Waals surface area contributed by atoms with Gasteiger partial charge >= 0.3 is 0 Å². The molecule has 1 unspecified atom stereocenters. The van der Waals surface area contributed by atoms with Crippen LogP contribution in [0.4, 0.5) is 5.69 Å². The SMILES string of the molecule is CCN(CC)C(=O)C(C)Sc1ccc(N)cc1OC. The normalized spacial score (nSPS) is 12.0. The number of nitrogens with two attached hydrogens (primary N) is 1. The summed E-state index contributed by atoms with van der Waals surface area (Å²) in [6.45, 7) is 7.37. The largest absolute Gasteiger partial charge is 0.496 e. The zero-order valence-electron chi connectivity index (χ0n) is 12.0. The summed E-state index contributed by atoms with van der Waals surface area (Å²) in [6, 6.07) is 5.49. The summed E-state index contributed by atoms with van der Waals surface area (Å²) >= 11 is 1.50. The van der Waals surface area contributed by atoms with E-state index in [4.69, 9.17) is 10.5 Å². The van der Waals surface area contributed by atoms with Gasteiger partial charge in [0.05, 0.1) is 17.3 Å². The molecule has 1 rings (SSSR count). The second-order valence-electron chi connectivity index (χ2n) is 4.18. The monoisotopic (exact) mass is 282 g/mol. The molecule has 0 aliphatic carbocycles. The fourth-order valence-electron chi connectivity index (χ4n) is 1.81. The van der Waals surface area contributed by atoms with Crippen LogP contribution < -0.4 is 10.5 Å². The number of methoxy groups -OCH3 is 1. The van der Waals surface area contributed by atoms with Crippen LogP contribution in [0.1, 0.15) is 20.8 Å². The number of anilines is 1. The molecule has 1 atom stereocenters. The Morgan fingerprint density at radius 3 is 2.58 bits per heavy atom. The number of hydrogen-bond donors (Lipinski definition) is 1. The Morgan fingerprint density at radius 1 is 1.42 bits per heavy atom. The van der Waals surface area contributed by atoms with Crippen LogP contribution in [0, 0.1) is 0 Å². The van der Waals surface area contributed by atoms with Crippen LogP contribution in [0.5, 0.6) is 5.75 Å². The maximum absolute atomic E-state index is 12.2. The second-order valence-corrected chi connectivity index (χ2v) is 5.56. The number of carbonyl (C=O) groups excluding carboxylic acids is 1. The molecule has 0 heterocycles. The summed E-state index contributed by atoms with van der Waals surface area (Å²) in [7, 11) is 1.61. The maximum Gasteiger partial charge on any atom is 0.235 e. The predicted molar refractivity (Wildman–Crippen MR) is 80.7 cm³/mol. The van der Waals surface area contributed by atoms with Crippen molar-refractivity contribution in [2.45, 2.75) is 30.9 Å². The van der Waals surface area contributed by atoms with E-state index in [1.54, 1.807) is 13.2 Å². The third kappa shape index (κ3) is 4.06. The number of nitrogens with zero attached hydrogens (tertiary/aromatic N) is 1. The van der Waals surface area contributed by atoms with E-state index in [1.807, 2.05) is 37.8 Å². The number of ether oxygens (including phenoxy) is 1. The van der Waals surface area contributed by atoms with Gasteiger partial charge < -0.3 is 15.4 Å². The van der Waals surface area contributed by atoms with Crippen molar-refractivity contribution in [1.82, 2.24) is 4.90 Å². The van der Waals surface area contributed by atoms with E-state index >= 15 is 0 Å². The average Bonchev–Trinajstić information content (AvgIpc) is 2.41. The van der Waals surface area contributed by atoms with Crippen molar-refractivity contribution in [3.05, 3.63) is 18.2 Å². The fraction of sp³-hybridized carbons (Fsp3) is 0.500. The van der Waals surface area contributed by atoms with Gasteiger partial charge in [-0.15, -0.1) is 11.8 Å². The van der Waals surface area contributed by atoms with Gasteiger partial charge in [0.25, 0.3) is 0 Å². The first kappa shape index (κ1) is 15.7. The summed E-state index contributed by atoms with van der Waals surface area (Å²) in [6.07, 6.45) is 0. The van der Waals surface area contributed by atoms with Gasteiger partial charge in [-0.05, 0) is 32.9 Å². The lowest BCUT2D eigenvalue weighted by atomic mass is 10.3. The molecule has 0 saturated carbocycles. The minimum Gasteiger partial charge on any atom is -0.496 e. The molecule has 106 valence electrons. The molecule has 5 heteroatoms. The van der Waals surface area contributed by atoms with Crippen LogP contribution in [0.3, 0.4) is 0 Å². The van der Waals surface area contributed by atoms with E-state index in [2.05, 4.69) is 0 Å².